The summed E-state index contributed by atoms with van der Waals surface area (Å²) in [6, 6.07) is 4.99. The molecular formula is C13H17N3O5S. The minimum absolute atomic E-state index is 0.0904. The first-order chi connectivity index (χ1) is 10.4. The van der Waals surface area contributed by atoms with Gasteiger partial charge in [-0.25, -0.2) is 8.42 Å². The molecule has 1 aromatic rings. The number of nitro benzene ring substituents is 1. The Kier molecular flexibility index (Phi) is 4.77. The molecule has 0 bridgehead atoms. The van der Waals surface area contributed by atoms with E-state index in [4.69, 9.17) is 0 Å². The van der Waals surface area contributed by atoms with Gasteiger partial charge in [0.25, 0.3) is 5.69 Å². The largest absolute Gasteiger partial charge is 0.359 e. The summed E-state index contributed by atoms with van der Waals surface area (Å²) in [6.07, 6.45) is 0.877. The highest BCUT2D eigenvalue weighted by molar-refractivity contribution is 7.89. The second kappa shape index (κ2) is 6.41. The number of sulfonamides is 1. The highest BCUT2D eigenvalue weighted by Gasteiger charge is 2.32. The van der Waals surface area contributed by atoms with Crippen molar-refractivity contribution in [2.75, 3.05) is 20.1 Å². The van der Waals surface area contributed by atoms with Crippen molar-refractivity contribution in [3.63, 3.8) is 0 Å². The third-order valence-corrected chi connectivity index (χ3v) is 5.63. The van der Waals surface area contributed by atoms with Gasteiger partial charge >= 0.3 is 0 Å². The number of benzene rings is 1. The van der Waals surface area contributed by atoms with Crippen LogP contribution in [0.4, 0.5) is 5.69 Å². The molecule has 1 aliphatic heterocycles. The van der Waals surface area contributed by atoms with Gasteiger partial charge in [0.1, 0.15) is 0 Å². The standard InChI is InChI=1S/C13H17N3O5S/c1-14-13(17)10-5-7-15(8-6-10)22(20,21)12-4-2-3-11(9-12)16(18)19/h2-4,9-10H,5-8H2,1H3,(H,14,17). The van der Waals surface area contributed by atoms with Crippen LogP contribution in [0.1, 0.15) is 12.8 Å². The second-order valence-corrected chi connectivity index (χ2v) is 6.99. The predicted molar refractivity (Wildman–Crippen MR) is 78.6 cm³/mol. The van der Waals surface area contributed by atoms with Crippen LogP contribution in [0.5, 0.6) is 0 Å². The number of hydrogen-bond donors (Lipinski definition) is 1. The summed E-state index contributed by atoms with van der Waals surface area (Å²) in [4.78, 5) is 21.6. The van der Waals surface area contributed by atoms with Crippen molar-refractivity contribution >= 4 is 21.6 Å². The molecule has 22 heavy (non-hydrogen) atoms. The lowest BCUT2D eigenvalue weighted by Crippen LogP contribution is -2.42. The number of piperidine rings is 1. The number of hydrogen-bond acceptors (Lipinski definition) is 5. The lowest BCUT2D eigenvalue weighted by molar-refractivity contribution is -0.385. The summed E-state index contributed by atoms with van der Waals surface area (Å²) >= 11 is 0. The van der Waals surface area contributed by atoms with Crippen molar-refractivity contribution in [3.05, 3.63) is 34.4 Å². The van der Waals surface area contributed by atoms with Gasteiger partial charge in [0, 0.05) is 38.2 Å². The van der Waals surface area contributed by atoms with E-state index in [0.29, 0.717) is 12.8 Å². The van der Waals surface area contributed by atoms with E-state index < -0.39 is 14.9 Å². The molecule has 1 saturated heterocycles. The Morgan fingerprint density at radius 1 is 1.36 bits per heavy atom. The third kappa shape index (κ3) is 3.25. The van der Waals surface area contributed by atoms with Crippen molar-refractivity contribution < 1.29 is 18.1 Å². The molecule has 1 aromatic carbocycles. The fraction of sp³-hybridized carbons (Fsp3) is 0.462. The first-order valence-electron chi connectivity index (χ1n) is 6.82. The fourth-order valence-electron chi connectivity index (χ4n) is 2.47. The van der Waals surface area contributed by atoms with Crippen molar-refractivity contribution in [3.8, 4) is 0 Å². The number of nitrogens with one attached hydrogen (secondary N) is 1. The number of carbonyl (C=O) groups is 1. The highest BCUT2D eigenvalue weighted by Crippen LogP contribution is 2.25. The van der Waals surface area contributed by atoms with Crippen LogP contribution in [0.2, 0.25) is 0 Å². The van der Waals surface area contributed by atoms with Gasteiger partial charge in [0.2, 0.25) is 15.9 Å². The summed E-state index contributed by atoms with van der Waals surface area (Å²) in [5, 5.41) is 13.3. The molecule has 0 aliphatic carbocycles. The predicted octanol–water partition coefficient (Wildman–Crippen LogP) is 0.742. The Balaban J connectivity index is 2.17. The zero-order chi connectivity index (χ0) is 16.3. The molecule has 1 amide bonds. The number of non-ortho nitro benzene ring substituents is 1. The minimum atomic E-state index is -3.78. The highest BCUT2D eigenvalue weighted by atomic mass is 32.2. The molecule has 8 nitrogen and oxygen atoms in total. The molecular weight excluding hydrogens is 310 g/mol. The lowest BCUT2D eigenvalue weighted by Gasteiger charge is -2.30. The quantitative estimate of drug-likeness (QED) is 0.648. The number of rotatable bonds is 4. The van der Waals surface area contributed by atoms with E-state index in [0.717, 1.165) is 6.07 Å². The SMILES string of the molecule is CNC(=O)C1CCN(S(=O)(=O)c2cccc([N+](=O)[O-])c2)CC1. The van der Waals surface area contributed by atoms with E-state index in [1.165, 1.54) is 22.5 Å². The van der Waals surface area contributed by atoms with E-state index in [-0.39, 0.29) is 35.5 Å². The van der Waals surface area contributed by atoms with E-state index >= 15 is 0 Å². The topological polar surface area (TPSA) is 110 Å². The average molecular weight is 327 g/mol. The van der Waals surface area contributed by atoms with Gasteiger partial charge in [-0.15, -0.1) is 0 Å². The van der Waals surface area contributed by atoms with Crippen LogP contribution in [-0.4, -0.2) is 43.7 Å². The molecule has 120 valence electrons. The Morgan fingerprint density at radius 2 is 2.00 bits per heavy atom. The van der Waals surface area contributed by atoms with E-state index in [2.05, 4.69) is 5.32 Å². The van der Waals surface area contributed by atoms with Gasteiger partial charge in [0.15, 0.2) is 0 Å². The van der Waals surface area contributed by atoms with Crippen LogP contribution < -0.4 is 5.32 Å². The number of nitro groups is 1. The second-order valence-electron chi connectivity index (χ2n) is 5.05. The van der Waals surface area contributed by atoms with Crippen LogP contribution in [0.3, 0.4) is 0 Å². The molecule has 0 atom stereocenters. The molecule has 1 N–H and O–H groups in total. The molecule has 2 rings (SSSR count). The molecule has 0 radical (unpaired) electrons. The van der Waals surface area contributed by atoms with Crippen LogP contribution in [0.25, 0.3) is 0 Å². The monoisotopic (exact) mass is 327 g/mol. The van der Waals surface area contributed by atoms with Crippen LogP contribution in [0, 0.1) is 16.0 Å². The first-order valence-corrected chi connectivity index (χ1v) is 8.26. The van der Waals surface area contributed by atoms with Gasteiger partial charge < -0.3 is 5.32 Å². The molecule has 1 aliphatic rings. The first kappa shape index (κ1) is 16.4. The average Bonchev–Trinajstić information content (AvgIpc) is 2.54. The molecule has 0 saturated carbocycles. The van der Waals surface area contributed by atoms with Crippen molar-refractivity contribution in [2.24, 2.45) is 5.92 Å². The van der Waals surface area contributed by atoms with E-state index in [1.807, 2.05) is 0 Å². The lowest BCUT2D eigenvalue weighted by atomic mass is 9.97. The fourth-order valence-corrected chi connectivity index (χ4v) is 3.98. The van der Waals surface area contributed by atoms with Gasteiger partial charge in [0.05, 0.1) is 9.82 Å². The smallest absolute Gasteiger partial charge is 0.270 e. The Labute approximate surface area is 128 Å². The number of nitrogens with zero attached hydrogens (tertiary/aromatic N) is 2. The third-order valence-electron chi connectivity index (χ3n) is 3.74. The normalized spacial score (nSPS) is 17.1. The molecule has 1 heterocycles. The summed E-state index contributed by atoms with van der Waals surface area (Å²) in [6.45, 7) is 0.451. The zero-order valence-electron chi connectivity index (χ0n) is 12.1. The summed E-state index contributed by atoms with van der Waals surface area (Å²) in [5.41, 5.74) is -0.263. The number of carbonyl (C=O) groups excluding carboxylic acids is 1. The molecule has 0 aromatic heterocycles. The van der Waals surface area contributed by atoms with E-state index in [1.54, 1.807) is 7.05 Å². The van der Waals surface area contributed by atoms with Gasteiger partial charge in [-0.1, -0.05) is 6.07 Å². The van der Waals surface area contributed by atoms with Crippen molar-refractivity contribution in [1.82, 2.24) is 9.62 Å². The molecule has 0 unspecified atom stereocenters. The Bertz CT molecular complexity index is 681. The maximum atomic E-state index is 12.5. The van der Waals surface area contributed by atoms with Crippen molar-refractivity contribution in [1.29, 1.82) is 0 Å². The van der Waals surface area contributed by atoms with Crippen LogP contribution >= 0.6 is 0 Å². The molecule has 0 spiro atoms. The molecule has 9 heteroatoms. The maximum absolute atomic E-state index is 12.5. The van der Waals surface area contributed by atoms with Crippen molar-refractivity contribution in [2.45, 2.75) is 17.7 Å². The maximum Gasteiger partial charge on any atom is 0.270 e. The molecule has 1 fully saturated rings. The van der Waals surface area contributed by atoms with Gasteiger partial charge in [-0.05, 0) is 18.9 Å². The van der Waals surface area contributed by atoms with Gasteiger partial charge in [-0.3, -0.25) is 14.9 Å². The van der Waals surface area contributed by atoms with Gasteiger partial charge in [-0.2, -0.15) is 4.31 Å². The Morgan fingerprint density at radius 3 is 2.55 bits per heavy atom. The Hall–Kier alpha value is -2.00. The number of amides is 1. The summed E-state index contributed by atoms with van der Waals surface area (Å²) in [5.74, 6) is -0.283. The van der Waals surface area contributed by atoms with Crippen LogP contribution in [0.15, 0.2) is 29.2 Å². The summed E-state index contributed by atoms with van der Waals surface area (Å²) in [7, 11) is -2.23. The van der Waals surface area contributed by atoms with E-state index in [9.17, 15) is 23.3 Å². The summed E-state index contributed by atoms with van der Waals surface area (Å²) < 4.78 is 26.3. The minimum Gasteiger partial charge on any atom is -0.359 e. The van der Waals surface area contributed by atoms with Crippen LogP contribution in [-0.2, 0) is 14.8 Å². The zero-order valence-corrected chi connectivity index (χ0v) is 12.9.